The number of methoxy groups -OCH3 is 3. The highest BCUT2D eigenvalue weighted by atomic mass is 32.2. The van der Waals surface area contributed by atoms with E-state index in [-0.39, 0.29) is 28.7 Å². The number of fused-ring (bicyclic) bond motifs is 1. The standard InChI is InChI=1S/C25H28O7S2/c1-27-21-10-15(11-22(28-2)23(21)29-3)9-17-18(13-30-24(17)26)25(33-7-4-8-34-25)16-5-6-19-20(12-16)32-14-31-19/h5-6,10-12,17-18H,4,7-9,13-14H2,1-3H3/t17-,18+/m1/s1. The smallest absolute Gasteiger partial charge is 0.309 e. The minimum Gasteiger partial charge on any atom is -0.493 e. The molecule has 2 saturated heterocycles. The van der Waals surface area contributed by atoms with E-state index in [2.05, 4.69) is 12.1 Å². The Bertz CT molecular complexity index is 1040. The van der Waals surface area contributed by atoms with Crippen LogP contribution in [0.4, 0.5) is 0 Å². The van der Waals surface area contributed by atoms with E-state index in [1.807, 2.05) is 41.7 Å². The van der Waals surface area contributed by atoms with E-state index in [0.29, 0.717) is 30.3 Å². The van der Waals surface area contributed by atoms with Gasteiger partial charge in [-0.25, -0.2) is 0 Å². The molecule has 9 heteroatoms. The monoisotopic (exact) mass is 504 g/mol. The number of hydrogen-bond acceptors (Lipinski definition) is 9. The van der Waals surface area contributed by atoms with E-state index in [4.69, 9.17) is 28.4 Å². The molecule has 0 unspecified atom stereocenters. The highest BCUT2D eigenvalue weighted by Gasteiger charge is 2.53. The van der Waals surface area contributed by atoms with Crippen LogP contribution in [0, 0.1) is 11.8 Å². The first kappa shape index (κ1) is 23.4. The van der Waals surface area contributed by atoms with Crippen molar-refractivity contribution in [1.82, 2.24) is 0 Å². The normalized spacial score (nSPS) is 22.9. The summed E-state index contributed by atoms with van der Waals surface area (Å²) in [6, 6.07) is 9.99. The average molecular weight is 505 g/mol. The molecule has 0 amide bonds. The molecular formula is C25H28O7S2. The Kier molecular flexibility index (Phi) is 6.66. The number of cyclic esters (lactones) is 1. The average Bonchev–Trinajstić information content (AvgIpc) is 3.50. The number of esters is 1. The van der Waals surface area contributed by atoms with E-state index in [0.717, 1.165) is 40.6 Å². The zero-order valence-corrected chi connectivity index (χ0v) is 21.1. The second kappa shape index (κ2) is 9.70. The largest absolute Gasteiger partial charge is 0.493 e. The topological polar surface area (TPSA) is 72.5 Å². The lowest BCUT2D eigenvalue weighted by atomic mass is 9.83. The van der Waals surface area contributed by atoms with Gasteiger partial charge in [-0.3, -0.25) is 4.79 Å². The third kappa shape index (κ3) is 4.02. The van der Waals surface area contributed by atoms with Crippen LogP contribution in [0.2, 0.25) is 0 Å². The first-order valence-corrected chi connectivity index (χ1v) is 13.2. The van der Waals surface area contributed by atoms with Crippen LogP contribution >= 0.6 is 23.5 Å². The summed E-state index contributed by atoms with van der Waals surface area (Å²) in [6.45, 7) is 0.628. The Labute approximate surface area is 207 Å². The number of carbonyl (C=O) groups is 1. The molecule has 3 heterocycles. The first-order chi connectivity index (χ1) is 16.6. The predicted molar refractivity (Wildman–Crippen MR) is 132 cm³/mol. The van der Waals surface area contributed by atoms with Crippen molar-refractivity contribution in [1.29, 1.82) is 0 Å². The molecule has 0 spiro atoms. The molecule has 0 radical (unpaired) electrons. The lowest BCUT2D eigenvalue weighted by Gasteiger charge is -2.42. The molecule has 7 nitrogen and oxygen atoms in total. The van der Waals surface area contributed by atoms with Crippen molar-refractivity contribution < 1.29 is 33.2 Å². The maximum absolute atomic E-state index is 13.1. The van der Waals surface area contributed by atoms with Gasteiger partial charge in [0, 0.05) is 5.92 Å². The van der Waals surface area contributed by atoms with Crippen molar-refractivity contribution in [2.45, 2.75) is 16.9 Å². The van der Waals surface area contributed by atoms with Gasteiger partial charge in [-0.2, -0.15) is 0 Å². The van der Waals surface area contributed by atoms with Crippen molar-refractivity contribution in [3.63, 3.8) is 0 Å². The molecule has 0 saturated carbocycles. The van der Waals surface area contributed by atoms with Crippen LogP contribution in [-0.4, -0.2) is 52.2 Å². The first-order valence-electron chi connectivity index (χ1n) is 11.2. The molecule has 0 bridgehead atoms. The quantitative estimate of drug-likeness (QED) is 0.507. The third-order valence-corrected chi connectivity index (χ3v) is 10.2. The molecule has 3 aliphatic heterocycles. The number of thioether (sulfide) groups is 2. The van der Waals surface area contributed by atoms with Crippen molar-refractivity contribution in [2.75, 3.05) is 46.2 Å². The van der Waals surface area contributed by atoms with Gasteiger partial charge in [0.15, 0.2) is 23.0 Å². The van der Waals surface area contributed by atoms with Gasteiger partial charge in [-0.1, -0.05) is 6.07 Å². The number of benzene rings is 2. The van der Waals surface area contributed by atoms with Crippen molar-refractivity contribution >= 4 is 29.5 Å². The molecule has 2 atom stereocenters. The van der Waals surface area contributed by atoms with Gasteiger partial charge in [0.2, 0.25) is 12.5 Å². The molecule has 0 aromatic heterocycles. The fourth-order valence-electron chi connectivity index (χ4n) is 4.92. The third-order valence-electron chi connectivity index (χ3n) is 6.56. The lowest BCUT2D eigenvalue weighted by molar-refractivity contribution is -0.141. The second-order valence-electron chi connectivity index (χ2n) is 8.37. The SMILES string of the molecule is COc1cc(C[C@H]2C(=O)OC[C@@H]2C2(c3ccc4c(c3)OCO4)SCCCS2)cc(OC)c1OC. The van der Waals surface area contributed by atoms with E-state index < -0.39 is 0 Å². The summed E-state index contributed by atoms with van der Waals surface area (Å²) in [6.07, 6.45) is 1.66. The van der Waals surface area contributed by atoms with Gasteiger partial charge in [0.25, 0.3) is 0 Å². The number of rotatable bonds is 7. The summed E-state index contributed by atoms with van der Waals surface area (Å²) in [4.78, 5) is 13.1. The predicted octanol–water partition coefficient (Wildman–Crippen LogP) is 4.50. The van der Waals surface area contributed by atoms with Crippen LogP contribution in [0.3, 0.4) is 0 Å². The molecule has 5 rings (SSSR count). The van der Waals surface area contributed by atoms with Crippen molar-refractivity contribution in [2.24, 2.45) is 11.8 Å². The summed E-state index contributed by atoms with van der Waals surface area (Å²) >= 11 is 3.82. The highest BCUT2D eigenvalue weighted by molar-refractivity contribution is 8.18. The maximum Gasteiger partial charge on any atom is 0.309 e. The Balaban J connectivity index is 1.51. The molecule has 0 aliphatic carbocycles. The van der Waals surface area contributed by atoms with Crippen molar-refractivity contribution in [3.8, 4) is 28.7 Å². The van der Waals surface area contributed by atoms with E-state index in [1.54, 1.807) is 21.3 Å². The van der Waals surface area contributed by atoms with E-state index >= 15 is 0 Å². The van der Waals surface area contributed by atoms with Crippen LogP contribution in [-0.2, 0) is 20.0 Å². The van der Waals surface area contributed by atoms with Crippen LogP contribution in [0.1, 0.15) is 17.5 Å². The Morgan fingerprint density at radius 1 is 0.941 bits per heavy atom. The van der Waals surface area contributed by atoms with Crippen LogP contribution in [0.15, 0.2) is 30.3 Å². The Morgan fingerprint density at radius 2 is 1.65 bits per heavy atom. The molecule has 2 aromatic rings. The van der Waals surface area contributed by atoms with Crippen LogP contribution in [0.5, 0.6) is 28.7 Å². The fraction of sp³-hybridized carbons (Fsp3) is 0.480. The van der Waals surface area contributed by atoms with Gasteiger partial charge in [0.1, 0.15) is 0 Å². The molecule has 0 N–H and O–H groups in total. The fourth-order valence-corrected chi connectivity index (χ4v) is 8.60. The van der Waals surface area contributed by atoms with Crippen LogP contribution in [0.25, 0.3) is 0 Å². The molecule has 34 heavy (non-hydrogen) atoms. The Hall–Kier alpha value is -2.39. The van der Waals surface area contributed by atoms with Gasteiger partial charge >= 0.3 is 5.97 Å². The summed E-state index contributed by atoms with van der Waals surface area (Å²) in [5, 5.41) is 0. The van der Waals surface area contributed by atoms with Gasteiger partial charge < -0.3 is 28.4 Å². The van der Waals surface area contributed by atoms with Gasteiger partial charge in [-0.05, 0) is 59.7 Å². The van der Waals surface area contributed by atoms with Gasteiger partial charge in [-0.15, -0.1) is 23.5 Å². The molecule has 2 fully saturated rings. The second-order valence-corrected chi connectivity index (χ2v) is 11.3. The molecule has 3 aliphatic rings. The van der Waals surface area contributed by atoms with E-state index in [9.17, 15) is 4.79 Å². The Morgan fingerprint density at radius 3 is 2.32 bits per heavy atom. The minimum atomic E-state index is -0.309. The van der Waals surface area contributed by atoms with Gasteiger partial charge in [0.05, 0.1) is 37.9 Å². The molecule has 182 valence electrons. The highest BCUT2D eigenvalue weighted by Crippen LogP contribution is 2.60. The van der Waals surface area contributed by atoms with E-state index in [1.165, 1.54) is 0 Å². The number of ether oxygens (including phenoxy) is 6. The van der Waals surface area contributed by atoms with Crippen molar-refractivity contribution in [3.05, 3.63) is 41.5 Å². The molecular weight excluding hydrogens is 476 g/mol. The zero-order valence-electron chi connectivity index (χ0n) is 19.5. The summed E-state index contributed by atoms with van der Waals surface area (Å²) in [5.41, 5.74) is 2.08. The number of carbonyl (C=O) groups excluding carboxylic acids is 1. The summed E-state index contributed by atoms with van der Waals surface area (Å²) in [7, 11) is 4.77. The maximum atomic E-state index is 13.1. The lowest BCUT2D eigenvalue weighted by Crippen LogP contribution is -2.37. The summed E-state index contributed by atoms with van der Waals surface area (Å²) in [5.74, 6) is 4.80. The zero-order chi connectivity index (χ0) is 23.7. The summed E-state index contributed by atoms with van der Waals surface area (Å²) < 4.78 is 33.1. The number of hydrogen-bond donors (Lipinski definition) is 0. The molecule has 2 aromatic carbocycles. The van der Waals surface area contributed by atoms with Crippen LogP contribution < -0.4 is 23.7 Å². The minimum absolute atomic E-state index is 0.00485.